The molecule has 0 saturated heterocycles. The fraction of sp³-hybridized carbons (Fsp3) is 0. The van der Waals surface area contributed by atoms with Crippen molar-refractivity contribution in [1.82, 2.24) is 0 Å². The molecule has 3 N–H and O–H groups in total. The van der Waals surface area contributed by atoms with Crippen molar-refractivity contribution in [1.29, 1.82) is 0 Å². The Kier molecular flexibility index (Phi) is 4.67. The molecule has 0 fully saturated rings. The van der Waals surface area contributed by atoms with Crippen LogP contribution in [0.4, 0.5) is 0 Å². The number of benzene rings is 3. The highest BCUT2D eigenvalue weighted by Gasteiger charge is 2.30. The lowest BCUT2D eigenvalue weighted by Crippen LogP contribution is -2.55. The molecule has 0 heterocycles. The van der Waals surface area contributed by atoms with Gasteiger partial charge in [0.25, 0.3) is 0 Å². The second-order valence-electron chi connectivity index (χ2n) is 5.31. The van der Waals surface area contributed by atoms with Crippen LogP contribution in [0.3, 0.4) is 0 Å². The van der Waals surface area contributed by atoms with Gasteiger partial charge in [0.05, 0.1) is 7.05 Å². The van der Waals surface area contributed by atoms with E-state index in [1.165, 1.54) is 0 Å². The second-order valence-corrected chi connectivity index (χ2v) is 9.94. The lowest BCUT2D eigenvalue weighted by atomic mass is 10.4. The Balaban J connectivity index is 2.50. The van der Waals surface area contributed by atoms with Gasteiger partial charge < -0.3 is 0 Å². The molecule has 0 atom stereocenters. The normalized spacial score (nSPS) is 11.9. The molecule has 0 bridgehead atoms. The van der Waals surface area contributed by atoms with Crippen molar-refractivity contribution in [2.45, 2.75) is 0 Å². The smallest absolute Gasteiger partial charge is 0.232 e. The molecule has 4 nitrogen and oxygen atoms in total. The molecule has 0 aliphatic carbocycles. The monoisotopic (exact) mass is 357 g/mol. The Hall–Kier alpha value is -2.20. The SMILES string of the molecule is [NH3+]S(=O)(=O)N=P(c1ccccc1)(c1ccccc1)c1ccccc1. The number of nitrogens with zero attached hydrogens (tertiary/aromatic N) is 1. The molecule has 0 spiro atoms. The highest BCUT2D eigenvalue weighted by Crippen LogP contribution is 2.46. The van der Waals surface area contributed by atoms with E-state index in [1.54, 1.807) is 0 Å². The Morgan fingerprint density at radius 1 is 0.625 bits per heavy atom. The average Bonchev–Trinajstić information content (AvgIpc) is 2.61. The van der Waals surface area contributed by atoms with Crippen LogP contribution in [0.2, 0.25) is 0 Å². The van der Waals surface area contributed by atoms with Gasteiger partial charge in [0.1, 0.15) is 0 Å². The predicted octanol–water partition coefficient (Wildman–Crippen LogP) is 1.65. The summed E-state index contributed by atoms with van der Waals surface area (Å²) in [6, 6.07) is 28.8. The van der Waals surface area contributed by atoms with E-state index in [1.807, 2.05) is 91.0 Å². The standard InChI is InChI=1S/C18H17N2O2PS/c19-24(21,22)20-23(16-10-4-1-5-11-16,17-12-6-2-7-13-17)18-14-8-3-9-15-18/h1-15H,(H2,19,21,22)/p+1. The molecule has 0 aliphatic heterocycles. The zero-order chi connectivity index (χ0) is 17.0. The van der Waals surface area contributed by atoms with Gasteiger partial charge in [-0.2, -0.15) is 8.42 Å². The van der Waals surface area contributed by atoms with Crippen LogP contribution in [0.5, 0.6) is 0 Å². The maximum absolute atomic E-state index is 12.1. The summed E-state index contributed by atoms with van der Waals surface area (Å²) < 4.78 is 28.6. The molecule has 24 heavy (non-hydrogen) atoms. The molecule has 3 aromatic rings. The van der Waals surface area contributed by atoms with Gasteiger partial charge in [0.15, 0.2) is 0 Å². The van der Waals surface area contributed by atoms with Crippen molar-refractivity contribution in [3.05, 3.63) is 91.0 Å². The van der Waals surface area contributed by atoms with Crippen LogP contribution < -0.4 is 21.1 Å². The average molecular weight is 357 g/mol. The Morgan fingerprint density at radius 2 is 0.917 bits per heavy atom. The van der Waals surface area contributed by atoms with E-state index in [0.717, 1.165) is 15.9 Å². The molecule has 0 amide bonds. The summed E-state index contributed by atoms with van der Waals surface area (Å²) in [4.78, 5) is 0. The van der Waals surface area contributed by atoms with Crippen LogP contribution in [0.1, 0.15) is 0 Å². The summed E-state index contributed by atoms with van der Waals surface area (Å²) in [6.45, 7) is 0. The van der Waals surface area contributed by atoms with Gasteiger partial charge in [-0.25, -0.2) is 5.14 Å². The maximum Gasteiger partial charge on any atom is 0.409 e. The molecule has 0 aliphatic rings. The first-order valence-corrected chi connectivity index (χ1v) is 10.8. The minimum Gasteiger partial charge on any atom is -0.232 e. The summed E-state index contributed by atoms with van der Waals surface area (Å²) in [5.41, 5.74) is 0. The molecule has 3 rings (SSSR count). The number of rotatable bonds is 4. The zero-order valence-corrected chi connectivity index (χ0v) is 14.7. The molecular formula is C18H18N2O2PS+. The largest absolute Gasteiger partial charge is 0.409 e. The van der Waals surface area contributed by atoms with Crippen LogP contribution in [0.25, 0.3) is 0 Å². The number of hydrogen-bond donors (Lipinski definition) is 1. The van der Waals surface area contributed by atoms with Crippen LogP contribution in [-0.4, -0.2) is 8.42 Å². The first-order chi connectivity index (χ1) is 11.5. The number of quaternary nitrogens is 1. The Bertz CT molecular complexity index is 870. The zero-order valence-electron chi connectivity index (χ0n) is 13.0. The van der Waals surface area contributed by atoms with E-state index in [2.05, 4.69) is 9.29 Å². The van der Waals surface area contributed by atoms with E-state index < -0.39 is 17.3 Å². The van der Waals surface area contributed by atoms with Crippen molar-refractivity contribution < 1.29 is 13.6 Å². The highest BCUT2D eigenvalue weighted by atomic mass is 32.2. The van der Waals surface area contributed by atoms with Crippen molar-refractivity contribution >= 4 is 33.2 Å². The lowest BCUT2D eigenvalue weighted by Gasteiger charge is -2.25. The first-order valence-electron chi connectivity index (χ1n) is 7.41. The van der Waals surface area contributed by atoms with E-state index in [-0.39, 0.29) is 0 Å². The van der Waals surface area contributed by atoms with Gasteiger partial charge in [-0.05, 0) is 0 Å². The van der Waals surface area contributed by atoms with Crippen molar-refractivity contribution in [2.75, 3.05) is 0 Å². The molecule has 0 saturated carbocycles. The fourth-order valence-electron chi connectivity index (χ4n) is 2.71. The molecule has 0 unspecified atom stereocenters. The van der Waals surface area contributed by atoms with E-state index in [4.69, 9.17) is 0 Å². The van der Waals surface area contributed by atoms with E-state index >= 15 is 0 Å². The Morgan fingerprint density at radius 3 is 1.17 bits per heavy atom. The minimum absolute atomic E-state index is 0.884. The summed E-state index contributed by atoms with van der Waals surface area (Å²) in [7, 11) is -6.50. The van der Waals surface area contributed by atoms with Crippen LogP contribution in [0, 0.1) is 0 Å². The van der Waals surface area contributed by atoms with Crippen molar-refractivity contribution in [3.8, 4) is 0 Å². The maximum atomic E-state index is 12.1. The van der Waals surface area contributed by atoms with Crippen LogP contribution >= 0.6 is 7.05 Å². The van der Waals surface area contributed by atoms with Gasteiger partial charge in [0.2, 0.25) is 0 Å². The Labute approximate surface area is 142 Å². The third kappa shape index (κ3) is 3.34. The van der Waals surface area contributed by atoms with Crippen LogP contribution in [-0.2, 0) is 10.2 Å². The van der Waals surface area contributed by atoms with Crippen molar-refractivity contribution in [2.24, 2.45) is 4.15 Å². The van der Waals surface area contributed by atoms with Gasteiger partial charge in [-0.1, -0.05) is 91.0 Å². The molecule has 3 aromatic carbocycles. The van der Waals surface area contributed by atoms with Gasteiger partial charge in [-0.3, -0.25) is 0 Å². The first kappa shape index (κ1) is 16.7. The third-order valence-electron chi connectivity index (χ3n) is 3.64. The van der Waals surface area contributed by atoms with Gasteiger partial charge in [-0.15, -0.1) is 4.15 Å². The highest BCUT2D eigenvalue weighted by molar-refractivity contribution is 7.96. The van der Waals surface area contributed by atoms with Crippen molar-refractivity contribution in [3.63, 3.8) is 0 Å². The fourth-order valence-corrected chi connectivity index (χ4v) is 8.04. The topological polar surface area (TPSA) is 74.1 Å². The third-order valence-corrected chi connectivity index (χ3v) is 8.75. The molecule has 122 valence electrons. The summed E-state index contributed by atoms with van der Waals surface area (Å²) in [6.07, 6.45) is 0. The number of hydrogen-bond acceptors (Lipinski definition) is 2. The quantitative estimate of drug-likeness (QED) is 0.721. The molecule has 0 aromatic heterocycles. The van der Waals surface area contributed by atoms with Crippen LogP contribution in [0.15, 0.2) is 95.1 Å². The van der Waals surface area contributed by atoms with E-state index in [0.29, 0.717) is 0 Å². The van der Waals surface area contributed by atoms with Gasteiger partial charge in [0, 0.05) is 15.9 Å². The second kappa shape index (κ2) is 6.73. The summed E-state index contributed by atoms with van der Waals surface area (Å²) in [5, 5.41) is 5.92. The van der Waals surface area contributed by atoms with E-state index in [9.17, 15) is 8.42 Å². The predicted molar refractivity (Wildman–Crippen MR) is 99.4 cm³/mol. The molecular weight excluding hydrogens is 339 g/mol. The van der Waals surface area contributed by atoms with Gasteiger partial charge >= 0.3 is 10.2 Å². The lowest BCUT2D eigenvalue weighted by molar-refractivity contribution is -0.164. The molecule has 0 radical (unpaired) electrons. The summed E-state index contributed by atoms with van der Waals surface area (Å²) >= 11 is 0. The minimum atomic E-state index is -3.80. The molecule has 6 heteroatoms. The summed E-state index contributed by atoms with van der Waals surface area (Å²) in [5.74, 6) is 0.